The van der Waals surface area contributed by atoms with Crippen LogP contribution in [0.15, 0.2) is 54.6 Å². The highest BCUT2D eigenvalue weighted by Gasteiger charge is 2.28. The summed E-state index contributed by atoms with van der Waals surface area (Å²) >= 11 is 0. The summed E-state index contributed by atoms with van der Waals surface area (Å²) in [7, 11) is 0. The fourth-order valence-electron chi connectivity index (χ4n) is 2.95. The summed E-state index contributed by atoms with van der Waals surface area (Å²) in [6.07, 6.45) is -0.195. The summed E-state index contributed by atoms with van der Waals surface area (Å²) in [5.74, 6) is -1.34. The van der Waals surface area contributed by atoms with E-state index in [-0.39, 0.29) is 12.5 Å². The van der Waals surface area contributed by atoms with Crippen molar-refractivity contribution in [2.45, 2.75) is 25.9 Å². The molecule has 0 aromatic heterocycles. The van der Waals surface area contributed by atoms with Gasteiger partial charge >= 0.3 is 5.97 Å². The Labute approximate surface area is 157 Å². The molecule has 1 fully saturated rings. The van der Waals surface area contributed by atoms with Crippen molar-refractivity contribution in [3.05, 3.63) is 54.6 Å². The molecule has 140 valence electrons. The molecule has 2 N–H and O–H groups in total. The smallest absolute Gasteiger partial charge is 0.311 e. The molecule has 2 amide bonds. The number of para-hydroxylation sites is 1. The van der Waals surface area contributed by atoms with Gasteiger partial charge in [0.2, 0.25) is 5.91 Å². The van der Waals surface area contributed by atoms with Crippen LogP contribution in [0.2, 0.25) is 0 Å². The van der Waals surface area contributed by atoms with Crippen LogP contribution in [0.3, 0.4) is 0 Å². The van der Waals surface area contributed by atoms with Crippen molar-refractivity contribution in [1.82, 2.24) is 5.32 Å². The molecule has 2 unspecified atom stereocenters. The zero-order valence-electron chi connectivity index (χ0n) is 15.1. The van der Waals surface area contributed by atoms with Crippen molar-refractivity contribution in [2.24, 2.45) is 5.92 Å². The number of carbonyl (C=O) groups excluding carboxylic acids is 3. The highest BCUT2D eigenvalue weighted by atomic mass is 16.5. The van der Waals surface area contributed by atoms with Crippen molar-refractivity contribution < 1.29 is 19.1 Å². The minimum absolute atomic E-state index is 0.0673. The SMILES string of the molecule is CC(OC(=O)C1CCC(=O)NC1)C(=O)Nc1ccccc1-c1ccccc1. The maximum absolute atomic E-state index is 12.5. The van der Waals surface area contributed by atoms with Gasteiger partial charge < -0.3 is 15.4 Å². The average Bonchev–Trinajstić information content (AvgIpc) is 2.69. The van der Waals surface area contributed by atoms with Crippen molar-refractivity contribution in [3.8, 4) is 11.1 Å². The third-order valence-corrected chi connectivity index (χ3v) is 4.53. The van der Waals surface area contributed by atoms with Gasteiger partial charge in [0.05, 0.1) is 5.92 Å². The predicted molar refractivity (Wildman–Crippen MR) is 102 cm³/mol. The van der Waals surface area contributed by atoms with Gasteiger partial charge in [-0.15, -0.1) is 0 Å². The second kappa shape index (κ2) is 8.49. The number of benzene rings is 2. The number of hydrogen-bond donors (Lipinski definition) is 2. The van der Waals surface area contributed by atoms with Gasteiger partial charge in [-0.2, -0.15) is 0 Å². The fourth-order valence-corrected chi connectivity index (χ4v) is 2.95. The summed E-state index contributed by atoms with van der Waals surface area (Å²) in [5, 5.41) is 5.48. The summed E-state index contributed by atoms with van der Waals surface area (Å²) < 4.78 is 5.30. The molecule has 6 nitrogen and oxygen atoms in total. The molecule has 1 saturated heterocycles. The second-order valence-electron chi connectivity index (χ2n) is 6.52. The van der Waals surface area contributed by atoms with Gasteiger partial charge in [0.25, 0.3) is 5.91 Å². The maximum atomic E-state index is 12.5. The van der Waals surface area contributed by atoms with Gasteiger partial charge in [-0.05, 0) is 25.0 Å². The van der Waals surface area contributed by atoms with Crippen molar-refractivity contribution >= 4 is 23.5 Å². The summed E-state index contributed by atoms with van der Waals surface area (Å²) in [4.78, 5) is 35.9. The van der Waals surface area contributed by atoms with E-state index in [0.717, 1.165) is 11.1 Å². The monoisotopic (exact) mass is 366 g/mol. The van der Waals surface area contributed by atoms with E-state index in [1.165, 1.54) is 0 Å². The van der Waals surface area contributed by atoms with Crippen molar-refractivity contribution in [1.29, 1.82) is 0 Å². The molecule has 0 radical (unpaired) electrons. The van der Waals surface area contributed by atoms with E-state index in [1.54, 1.807) is 6.92 Å². The van der Waals surface area contributed by atoms with Crippen LogP contribution in [-0.2, 0) is 19.1 Å². The molecule has 1 aliphatic rings. The standard InChI is InChI=1S/C21H22N2O4/c1-14(27-21(26)16-11-12-19(24)22-13-16)20(25)23-18-10-6-5-9-17(18)15-7-3-2-4-8-15/h2-10,14,16H,11-13H2,1H3,(H,22,24)(H,23,25). The van der Waals surface area contributed by atoms with Crippen molar-refractivity contribution in [3.63, 3.8) is 0 Å². The molecule has 0 saturated carbocycles. The van der Waals surface area contributed by atoms with E-state index < -0.39 is 23.9 Å². The van der Waals surface area contributed by atoms with E-state index in [2.05, 4.69) is 10.6 Å². The second-order valence-corrected chi connectivity index (χ2v) is 6.52. The zero-order valence-corrected chi connectivity index (χ0v) is 15.1. The first-order valence-electron chi connectivity index (χ1n) is 8.97. The number of ether oxygens (including phenoxy) is 1. The number of nitrogens with one attached hydrogen (secondary N) is 2. The molecule has 0 bridgehead atoms. The molecular formula is C21H22N2O4. The van der Waals surface area contributed by atoms with Crippen LogP contribution in [0.25, 0.3) is 11.1 Å². The summed E-state index contributed by atoms with van der Waals surface area (Å²) in [5.41, 5.74) is 2.53. The van der Waals surface area contributed by atoms with Crippen LogP contribution < -0.4 is 10.6 Å². The quantitative estimate of drug-likeness (QED) is 0.797. The third kappa shape index (κ3) is 4.73. The molecule has 0 aliphatic carbocycles. The first kappa shape index (κ1) is 18.6. The van der Waals surface area contributed by atoms with Crippen LogP contribution in [0.4, 0.5) is 5.69 Å². The lowest BCUT2D eigenvalue weighted by molar-refractivity contribution is -0.158. The fraction of sp³-hybridized carbons (Fsp3) is 0.286. The van der Waals surface area contributed by atoms with Crippen LogP contribution in [0.5, 0.6) is 0 Å². The minimum Gasteiger partial charge on any atom is -0.452 e. The highest BCUT2D eigenvalue weighted by Crippen LogP contribution is 2.27. The lowest BCUT2D eigenvalue weighted by atomic mass is 9.99. The number of carbonyl (C=O) groups is 3. The van der Waals surface area contributed by atoms with E-state index in [9.17, 15) is 14.4 Å². The van der Waals surface area contributed by atoms with Gasteiger partial charge in [0, 0.05) is 24.2 Å². The van der Waals surface area contributed by atoms with Gasteiger partial charge in [-0.25, -0.2) is 0 Å². The number of amides is 2. The Hall–Kier alpha value is -3.15. The zero-order chi connectivity index (χ0) is 19.2. The minimum atomic E-state index is -0.932. The normalized spacial score (nSPS) is 17.5. The number of piperidine rings is 1. The Bertz CT molecular complexity index is 825. The Morgan fingerprint density at radius 2 is 1.81 bits per heavy atom. The average molecular weight is 366 g/mol. The van der Waals surface area contributed by atoms with E-state index in [0.29, 0.717) is 18.5 Å². The molecule has 6 heteroatoms. The lowest BCUT2D eigenvalue weighted by Gasteiger charge is -2.23. The Morgan fingerprint density at radius 3 is 2.52 bits per heavy atom. The first-order chi connectivity index (χ1) is 13.0. The topological polar surface area (TPSA) is 84.5 Å². The molecule has 1 heterocycles. The van der Waals surface area contributed by atoms with E-state index >= 15 is 0 Å². The van der Waals surface area contributed by atoms with Crippen molar-refractivity contribution in [2.75, 3.05) is 11.9 Å². The highest BCUT2D eigenvalue weighted by molar-refractivity contribution is 5.98. The molecule has 1 aliphatic heterocycles. The van der Waals surface area contributed by atoms with Crippen LogP contribution in [0, 0.1) is 5.92 Å². The van der Waals surface area contributed by atoms with Gasteiger partial charge in [-0.3, -0.25) is 14.4 Å². The lowest BCUT2D eigenvalue weighted by Crippen LogP contribution is -2.41. The van der Waals surface area contributed by atoms with E-state index in [1.807, 2.05) is 54.6 Å². The third-order valence-electron chi connectivity index (χ3n) is 4.53. The molecule has 27 heavy (non-hydrogen) atoms. The molecule has 0 spiro atoms. The Kier molecular flexibility index (Phi) is 5.86. The predicted octanol–water partition coefficient (Wildman–Crippen LogP) is 2.75. The van der Waals surface area contributed by atoms with E-state index in [4.69, 9.17) is 4.74 Å². The Morgan fingerprint density at radius 1 is 1.11 bits per heavy atom. The summed E-state index contributed by atoms with van der Waals surface area (Å²) in [6.45, 7) is 1.79. The number of hydrogen-bond acceptors (Lipinski definition) is 4. The summed E-state index contributed by atoms with van der Waals surface area (Å²) in [6, 6.07) is 17.2. The number of esters is 1. The van der Waals surface area contributed by atoms with Gasteiger partial charge in [0.15, 0.2) is 6.10 Å². The van der Waals surface area contributed by atoms with Crippen LogP contribution in [0.1, 0.15) is 19.8 Å². The molecule has 3 rings (SSSR count). The number of rotatable bonds is 5. The van der Waals surface area contributed by atoms with Gasteiger partial charge in [-0.1, -0.05) is 48.5 Å². The molecule has 2 aromatic carbocycles. The van der Waals surface area contributed by atoms with Crippen LogP contribution >= 0.6 is 0 Å². The molecule has 2 atom stereocenters. The van der Waals surface area contributed by atoms with Crippen LogP contribution in [-0.4, -0.2) is 30.4 Å². The Balaban J connectivity index is 1.64. The molecule has 2 aromatic rings. The number of anilines is 1. The maximum Gasteiger partial charge on any atom is 0.311 e. The largest absolute Gasteiger partial charge is 0.452 e. The van der Waals surface area contributed by atoms with Gasteiger partial charge in [0.1, 0.15) is 0 Å². The first-order valence-corrected chi connectivity index (χ1v) is 8.97. The molecular weight excluding hydrogens is 344 g/mol.